The molecule has 16 heavy (non-hydrogen) atoms. The van der Waals surface area contributed by atoms with Crippen molar-refractivity contribution in [3.8, 4) is 0 Å². The van der Waals surface area contributed by atoms with Gasteiger partial charge in [0.05, 0.1) is 0 Å². The predicted octanol–water partition coefficient (Wildman–Crippen LogP) is 2.72. The molecule has 1 aromatic carbocycles. The van der Waals surface area contributed by atoms with Gasteiger partial charge in [-0.3, -0.25) is 0 Å². The van der Waals surface area contributed by atoms with Gasteiger partial charge in [-0.25, -0.2) is 0 Å². The molecule has 2 N–H and O–H groups in total. The third-order valence-electron chi connectivity index (χ3n) is 3.21. The molecule has 0 bridgehead atoms. The summed E-state index contributed by atoms with van der Waals surface area (Å²) in [7, 11) is 0. The molecule has 0 amide bonds. The summed E-state index contributed by atoms with van der Waals surface area (Å²) in [6.07, 6.45) is 1.18. The molecule has 0 aliphatic carbocycles. The van der Waals surface area contributed by atoms with Crippen LogP contribution in [0.3, 0.4) is 0 Å². The Balaban J connectivity index is 2.26. The van der Waals surface area contributed by atoms with E-state index in [9.17, 15) is 0 Å². The van der Waals surface area contributed by atoms with Crippen molar-refractivity contribution in [1.29, 1.82) is 0 Å². The smallest absolute Gasteiger partial charge is 0.0402 e. The molecular weight excluding hydrogens is 196 g/mol. The normalized spacial score (nSPS) is 16.7. The van der Waals surface area contributed by atoms with Crippen LogP contribution in [0.25, 0.3) is 0 Å². The van der Waals surface area contributed by atoms with Crippen LogP contribution in [0.5, 0.6) is 0 Å². The van der Waals surface area contributed by atoms with Crippen LogP contribution in [0.2, 0.25) is 0 Å². The van der Waals surface area contributed by atoms with Crippen LogP contribution < -0.4 is 10.6 Å². The SMILES string of the molecule is CC(C)CN1CCc2ccc(C(C)N)cc21. The minimum atomic E-state index is 0.131. The average Bonchev–Trinajstić information content (AvgIpc) is 2.60. The van der Waals surface area contributed by atoms with E-state index in [0.29, 0.717) is 5.92 Å². The van der Waals surface area contributed by atoms with Crippen molar-refractivity contribution in [2.45, 2.75) is 33.2 Å². The van der Waals surface area contributed by atoms with E-state index in [-0.39, 0.29) is 6.04 Å². The van der Waals surface area contributed by atoms with Gasteiger partial charge >= 0.3 is 0 Å². The van der Waals surface area contributed by atoms with Gasteiger partial charge in [0.2, 0.25) is 0 Å². The predicted molar refractivity (Wildman–Crippen MR) is 69.8 cm³/mol. The fourth-order valence-electron chi connectivity index (χ4n) is 2.38. The van der Waals surface area contributed by atoms with Crippen molar-refractivity contribution in [2.75, 3.05) is 18.0 Å². The average molecular weight is 218 g/mol. The molecule has 2 nitrogen and oxygen atoms in total. The highest BCUT2D eigenvalue weighted by molar-refractivity contribution is 5.59. The quantitative estimate of drug-likeness (QED) is 0.845. The van der Waals surface area contributed by atoms with Crippen molar-refractivity contribution < 1.29 is 0 Å². The zero-order valence-electron chi connectivity index (χ0n) is 10.5. The number of nitrogens with two attached hydrogens (primary N) is 1. The number of benzene rings is 1. The van der Waals surface area contributed by atoms with Gasteiger partial charge in [-0.05, 0) is 36.5 Å². The molecule has 1 aliphatic rings. The van der Waals surface area contributed by atoms with Gasteiger partial charge in [0.15, 0.2) is 0 Å². The van der Waals surface area contributed by atoms with Crippen LogP contribution in [0.15, 0.2) is 18.2 Å². The number of anilines is 1. The molecule has 0 spiro atoms. The molecule has 0 saturated heterocycles. The lowest BCUT2D eigenvalue weighted by Gasteiger charge is -2.22. The molecule has 2 heteroatoms. The van der Waals surface area contributed by atoms with E-state index in [2.05, 4.69) is 36.9 Å². The topological polar surface area (TPSA) is 29.3 Å². The van der Waals surface area contributed by atoms with E-state index in [1.807, 2.05) is 6.92 Å². The minimum Gasteiger partial charge on any atom is -0.371 e. The summed E-state index contributed by atoms with van der Waals surface area (Å²) < 4.78 is 0. The van der Waals surface area contributed by atoms with E-state index in [1.165, 1.54) is 23.2 Å². The first kappa shape index (κ1) is 11.5. The second kappa shape index (κ2) is 4.46. The summed E-state index contributed by atoms with van der Waals surface area (Å²) in [5.41, 5.74) is 10.1. The summed E-state index contributed by atoms with van der Waals surface area (Å²) in [5, 5.41) is 0. The van der Waals surface area contributed by atoms with E-state index in [1.54, 1.807) is 0 Å². The van der Waals surface area contributed by atoms with E-state index in [0.717, 1.165) is 13.1 Å². The highest BCUT2D eigenvalue weighted by Gasteiger charge is 2.20. The fourth-order valence-corrected chi connectivity index (χ4v) is 2.38. The number of hydrogen-bond acceptors (Lipinski definition) is 2. The van der Waals surface area contributed by atoms with Crippen LogP contribution in [-0.4, -0.2) is 13.1 Å². The Morgan fingerprint density at radius 1 is 1.31 bits per heavy atom. The number of rotatable bonds is 3. The molecule has 1 heterocycles. The van der Waals surface area contributed by atoms with Crippen LogP contribution in [0.4, 0.5) is 5.69 Å². The first-order chi connectivity index (χ1) is 7.58. The summed E-state index contributed by atoms with van der Waals surface area (Å²) in [6, 6.07) is 6.82. The van der Waals surface area contributed by atoms with E-state index >= 15 is 0 Å². The van der Waals surface area contributed by atoms with Gasteiger partial charge in [-0.1, -0.05) is 26.0 Å². The van der Waals surface area contributed by atoms with Crippen LogP contribution in [-0.2, 0) is 6.42 Å². The lowest BCUT2D eigenvalue weighted by atomic mass is 10.0. The summed E-state index contributed by atoms with van der Waals surface area (Å²) in [5.74, 6) is 0.713. The Morgan fingerprint density at radius 3 is 2.69 bits per heavy atom. The lowest BCUT2D eigenvalue weighted by molar-refractivity contribution is 0.622. The maximum absolute atomic E-state index is 5.94. The fraction of sp³-hybridized carbons (Fsp3) is 0.571. The number of fused-ring (bicyclic) bond motifs is 1. The van der Waals surface area contributed by atoms with E-state index in [4.69, 9.17) is 5.73 Å². The first-order valence-corrected chi connectivity index (χ1v) is 6.21. The Morgan fingerprint density at radius 2 is 2.06 bits per heavy atom. The maximum Gasteiger partial charge on any atom is 0.0402 e. The van der Waals surface area contributed by atoms with Crippen LogP contribution in [0.1, 0.15) is 37.9 Å². The molecule has 1 atom stereocenters. The van der Waals surface area contributed by atoms with Gasteiger partial charge in [-0.2, -0.15) is 0 Å². The molecule has 88 valence electrons. The molecule has 1 aromatic rings. The van der Waals surface area contributed by atoms with Gasteiger partial charge in [-0.15, -0.1) is 0 Å². The molecule has 1 aliphatic heterocycles. The maximum atomic E-state index is 5.94. The van der Waals surface area contributed by atoms with Crippen molar-refractivity contribution >= 4 is 5.69 Å². The Hall–Kier alpha value is -1.02. The Labute approximate surface area is 98.4 Å². The van der Waals surface area contributed by atoms with Gasteiger partial charge in [0.1, 0.15) is 0 Å². The van der Waals surface area contributed by atoms with Crippen molar-refractivity contribution in [1.82, 2.24) is 0 Å². The molecule has 2 rings (SSSR count). The summed E-state index contributed by atoms with van der Waals surface area (Å²) in [6.45, 7) is 8.90. The highest BCUT2D eigenvalue weighted by Crippen LogP contribution is 2.30. The zero-order chi connectivity index (χ0) is 11.7. The second-order valence-electron chi connectivity index (χ2n) is 5.27. The first-order valence-electron chi connectivity index (χ1n) is 6.21. The molecule has 0 fully saturated rings. The van der Waals surface area contributed by atoms with Crippen molar-refractivity contribution in [3.63, 3.8) is 0 Å². The van der Waals surface area contributed by atoms with E-state index < -0.39 is 0 Å². The zero-order valence-corrected chi connectivity index (χ0v) is 10.5. The van der Waals surface area contributed by atoms with Gasteiger partial charge in [0.25, 0.3) is 0 Å². The molecular formula is C14H22N2. The third-order valence-corrected chi connectivity index (χ3v) is 3.21. The number of hydrogen-bond donors (Lipinski definition) is 1. The summed E-state index contributed by atoms with van der Waals surface area (Å²) in [4.78, 5) is 2.49. The van der Waals surface area contributed by atoms with Crippen molar-refractivity contribution in [3.05, 3.63) is 29.3 Å². The Kier molecular flexibility index (Phi) is 3.20. The monoisotopic (exact) mass is 218 g/mol. The summed E-state index contributed by atoms with van der Waals surface area (Å²) >= 11 is 0. The largest absolute Gasteiger partial charge is 0.371 e. The van der Waals surface area contributed by atoms with Crippen LogP contribution >= 0.6 is 0 Å². The number of nitrogens with zero attached hydrogens (tertiary/aromatic N) is 1. The standard InChI is InChI=1S/C14H22N2/c1-10(2)9-16-7-6-12-4-5-13(11(3)15)8-14(12)16/h4-5,8,10-11H,6-7,9,15H2,1-3H3. The molecule has 0 aromatic heterocycles. The lowest BCUT2D eigenvalue weighted by Crippen LogP contribution is -2.25. The van der Waals surface area contributed by atoms with Crippen LogP contribution in [0, 0.1) is 5.92 Å². The molecule has 0 radical (unpaired) electrons. The van der Waals surface area contributed by atoms with Crippen molar-refractivity contribution in [2.24, 2.45) is 11.7 Å². The molecule has 1 unspecified atom stereocenters. The van der Waals surface area contributed by atoms with Gasteiger partial charge in [0, 0.05) is 24.8 Å². The second-order valence-corrected chi connectivity index (χ2v) is 5.27. The Bertz CT molecular complexity index is 369. The van der Waals surface area contributed by atoms with Gasteiger partial charge < -0.3 is 10.6 Å². The minimum absolute atomic E-state index is 0.131. The third kappa shape index (κ3) is 2.22. The highest BCUT2D eigenvalue weighted by atomic mass is 15.1. The molecule has 0 saturated carbocycles.